The predicted molar refractivity (Wildman–Crippen MR) is 72.3 cm³/mol. The van der Waals surface area contributed by atoms with Gasteiger partial charge >= 0.3 is 6.09 Å². The molecule has 0 fully saturated rings. The van der Waals surface area contributed by atoms with Crippen LogP contribution in [0.1, 0.15) is 41.0 Å². The number of carbonyl (C=O) groups is 1. The van der Waals surface area contributed by atoms with E-state index in [0.717, 1.165) is 0 Å². The average Bonchev–Trinajstić information content (AvgIpc) is 1.92. The molecule has 0 saturated heterocycles. The molecule has 108 valence electrons. The van der Waals surface area contributed by atoms with Crippen molar-refractivity contribution in [3.8, 4) is 0 Å². The zero-order valence-electron chi connectivity index (χ0n) is 11.5. The Morgan fingerprint density at radius 2 is 1.83 bits per heavy atom. The summed E-state index contributed by atoms with van der Waals surface area (Å²) in [6.07, 6.45) is -0.112. The summed E-state index contributed by atoms with van der Waals surface area (Å²) in [7, 11) is 1.55. The van der Waals surface area contributed by atoms with Crippen LogP contribution in [0.4, 0.5) is 4.79 Å². The molecule has 1 amide bonds. The molecule has 0 heterocycles. The van der Waals surface area contributed by atoms with Crippen molar-refractivity contribution in [2.75, 3.05) is 5.75 Å². The van der Waals surface area contributed by atoms with Gasteiger partial charge < -0.3 is 10.1 Å². The van der Waals surface area contributed by atoms with Crippen molar-refractivity contribution in [2.24, 2.45) is 5.92 Å². The molecule has 0 spiro atoms. The van der Waals surface area contributed by atoms with Gasteiger partial charge in [0.25, 0.3) is 0 Å². The quantitative estimate of drug-likeness (QED) is 0.792. The highest BCUT2D eigenvalue weighted by Crippen LogP contribution is 2.12. The van der Waals surface area contributed by atoms with Crippen molar-refractivity contribution in [3.05, 3.63) is 0 Å². The first kappa shape index (κ1) is 17.5. The number of carbonyl (C=O) groups excluding carboxylic acids is 1. The van der Waals surface area contributed by atoms with Gasteiger partial charge in [-0.1, -0.05) is 13.8 Å². The molecule has 0 radical (unpaired) electrons. The molecular weight excluding hydrogens is 278 g/mol. The molecule has 0 aliphatic carbocycles. The van der Waals surface area contributed by atoms with Crippen molar-refractivity contribution in [1.82, 2.24) is 5.32 Å². The summed E-state index contributed by atoms with van der Waals surface area (Å²) in [5.41, 5.74) is -0.619. The Hall–Kier alpha value is -0.490. The molecule has 1 N–H and O–H groups in total. The van der Waals surface area contributed by atoms with Crippen LogP contribution >= 0.6 is 10.7 Å². The SMILES string of the molecule is CC(C)C[C@@H](CS(=O)(=O)Cl)NC(=O)OC(C)(C)C. The van der Waals surface area contributed by atoms with Gasteiger partial charge in [-0.05, 0) is 33.1 Å². The number of hydrogen-bond donors (Lipinski definition) is 1. The van der Waals surface area contributed by atoms with E-state index in [1.807, 2.05) is 13.8 Å². The van der Waals surface area contributed by atoms with Crippen LogP contribution in [-0.4, -0.2) is 31.9 Å². The van der Waals surface area contributed by atoms with Gasteiger partial charge in [-0.15, -0.1) is 0 Å². The lowest BCUT2D eigenvalue weighted by atomic mass is 10.1. The Morgan fingerprint density at radius 1 is 1.33 bits per heavy atom. The largest absolute Gasteiger partial charge is 0.444 e. The molecule has 0 aromatic heterocycles. The molecule has 5 nitrogen and oxygen atoms in total. The number of nitrogens with one attached hydrogen (secondary N) is 1. The van der Waals surface area contributed by atoms with Crippen LogP contribution in [0.15, 0.2) is 0 Å². The van der Waals surface area contributed by atoms with E-state index in [2.05, 4.69) is 5.32 Å². The van der Waals surface area contributed by atoms with E-state index in [0.29, 0.717) is 6.42 Å². The van der Waals surface area contributed by atoms with Gasteiger partial charge in [0.2, 0.25) is 9.05 Å². The normalized spacial score (nSPS) is 14.4. The smallest absolute Gasteiger partial charge is 0.407 e. The molecule has 1 atom stereocenters. The van der Waals surface area contributed by atoms with Gasteiger partial charge in [-0.3, -0.25) is 0 Å². The Bertz CT molecular complexity index is 373. The van der Waals surface area contributed by atoms with E-state index in [-0.39, 0.29) is 11.7 Å². The van der Waals surface area contributed by atoms with Crippen LogP contribution in [0.25, 0.3) is 0 Å². The minimum atomic E-state index is -3.66. The minimum absolute atomic E-state index is 0.239. The van der Waals surface area contributed by atoms with Crippen LogP contribution < -0.4 is 5.32 Å². The van der Waals surface area contributed by atoms with E-state index in [9.17, 15) is 13.2 Å². The molecule has 0 aliphatic heterocycles. The summed E-state index contributed by atoms with van der Waals surface area (Å²) < 4.78 is 27.2. The summed E-state index contributed by atoms with van der Waals surface area (Å²) in [4.78, 5) is 11.6. The zero-order chi connectivity index (χ0) is 14.6. The van der Waals surface area contributed by atoms with Crippen LogP contribution in [0.3, 0.4) is 0 Å². The summed E-state index contributed by atoms with van der Waals surface area (Å²) in [5.74, 6) is -0.0604. The van der Waals surface area contributed by atoms with Crippen molar-refractivity contribution in [3.63, 3.8) is 0 Å². The second-order valence-electron chi connectivity index (χ2n) is 5.68. The molecule has 7 heteroatoms. The summed E-state index contributed by atoms with van der Waals surface area (Å²) in [5, 5.41) is 2.54. The Morgan fingerprint density at radius 3 is 2.17 bits per heavy atom. The van der Waals surface area contributed by atoms with Crippen LogP contribution in [0.5, 0.6) is 0 Å². The van der Waals surface area contributed by atoms with Gasteiger partial charge in [0.1, 0.15) is 5.60 Å². The number of ether oxygens (including phenoxy) is 1. The van der Waals surface area contributed by atoms with E-state index in [4.69, 9.17) is 15.4 Å². The highest BCUT2D eigenvalue weighted by Gasteiger charge is 2.23. The fraction of sp³-hybridized carbons (Fsp3) is 0.909. The Balaban J connectivity index is 4.55. The second-order valence-corrected chi connectivity index (χ2v) is 8.50. The van der Waals surface area contributed by atoms with Crippen molar-refractivity contribution in [1.29, 1.82) is 0 Å². The molecule has 0 aromatic carbocycles. The highest BCUT2D eigenvalue weighted by atomic mass is 35.7. The third kappa shape index (κ3) is 10.7. The second kappa shape index (κ2) is 6.61. The van der Waals surface area contributed by atoms with Gasteiger partial charge in [-0.25, -0.2) is 13.2 Å². The van der Waals surface area contributed by atoms with Crippen LogP contribution in [-0.2, 0) is 13.8 Å². The van der Waals surface area contributed by atoms with Gasteiger partial charge in [0.15, 0.2) is 0 Å². The molecule has 0 unspecified atom stereocenters. The monoisotopic (exact) mass is 299 g/mol. The first-order valence-electron chi connectivity index (χ1n) is 5.81. The standard InChI is InChI=1S/C11H22ClNO4S/c1-8(2)6-9(7-18(12,15)16)13-10(14)17-11(3,4)5/h8-9H,6-7H2,1-5H3,(H,13,14)/t9-/m0/s1. The maximum absolute atomic E-state index is 11.6. The maximum Gasteiger partial charge on any atom is 0.407 e. The fourth-order valence-electron chi connectivity index (χ4n) is 1.45. The summed E-state index contributed by atoms with van der Waals surface area (Å²) in [6.45, 7) is 9.09. The van der Waals surface area contributed by atoms with Gasteiger partial charge in [0, 0.05) is 16.7 Å². The molecule has 0 bridgehead atoms. The number of rotatable bonds is 5. The predicted octanol–water partition coefficient (Wildman–Crippen LogP) is 2.49. The first-order valence-corrected chi connectivity index (χ1v) is 8.29. The Labute approximate surface area is 114 Å². The molecule has 0 saturated carbocycles. The highest BCUT2D eigenvalue weighted by molar-refractivity contribution is 8.13. The molecular formula is C11H22ClNO4S. The van der Waals surface area contributed by atoms with Crippen molar-refractivity contribution < 1.29 is 17.9 Å². The van der Waals surface area contributed by atoms with Gasteiger partial charge in [0.05, 0.1) is 5.75 Å². The van der Waals surface area contributed by atoms with E-state index < -0.39 is 26.8 Å². The summed E-state index contributed by atoms with van der Waals surface area (Å²) >= 11 is 0. The molecule has 0 aromatic rings. The van der Waals surface area contributed by atoms with Gasteiger partial charge in [-0.2, -0.15) is 0 Å². The molecule has 18 heavy (non-hydrogen) atoms. The van der Waals surface area contributed by atoms with Crippen molar-refractivity contribution in [2.45, 2.75) is 52.7 Å². The van der Waals surface area contributed by atoms with Crippen LogP contribution in [0.2, 0.25) is 0 Å². The van der Waals surface area contributed by atoms with E-state index in [1.165, 1.54) is 0 Å². The number of amides is 1. The fourth-order valence-corrected chi connectivity index (χ4v) is 2.61. The third-order valence-corrected chi connectivity index (χ3v) is 3.06. The number of hydrogen-bond acceptors (Lipinski definition) is 4. The van der Waals surface area contributed by atoms with Crippen LogP contribution in [0, 0.1) is 5.92 Å². The lowest BCUT2D eigenvalue weighted by Crippen LogP contribution is -2.42. The maximum atomic E-state index is 11.6. The average molecular weight is 300 g/mol. The third-order valence-electron chi connectivity index (χ3n) is 1.88. The van der Waals surface area contributed by atoms with Crippen molar-refractivity contribution >= 4 is 25.8 Å². The van der Waals surface area contributed by atoms with E-state index in [1.54, 1.807) is 20.8 Å². The topological polar surface area (TPSA) is 72.5 Å². The Kier molecular flexibility index (Phi) is 6.43. The lowest BCUT2D eigenvalue weighted by Gasteiger charge is -2.23. The van der Waals surface area contributed by atoms with E-state index >= 15 is 0 Å². The zero-order valence-corrected chi connectivity index (χ0v) is 13.1. The number of halogens is 1. The minimum Gasteiger partial charge on any atom is -0.444 e. The lowest BCUT2D eigenvalue weighted by molar-refractivity contribution is 0.0504. The number of alkyl carbamates (subject to hydrolysis) is 1. The molecule has 0 aliphatic rings. The summed E-state index contributed by atoms with van der Waals surface area (Å²) in [6, 6.07) is -0.539. The first-order chi connectivity index (χ1) is 7.89. The molecule has 0 rings (SSSR count).